The number of amides is 1. The van der Waals surface area contributed by atoms with Gasteiger partial charge in [0.2, 0.25) is 0 Å². The predicted octanol–water partition coefficient (Wildman–Crippen LogP) is 1.64. The standard InChI is InChI=1S/C8H13N3O2/c1-6(2)11-5-7(4-9-11)10-8(12)13-3/h4-6H,1-3H3,(H,10,12). The van der Waals surface area contributed by atoms with Crippen LogP contribution in [-0.4, -0.2) is 23.0 Å². The van der Waals surface area contributed by atoms with E-state index in [-0.39, 0.29) is 6.04 Å². The first-order chi connectivity index (χ1) is 6.13. The monoisotopic (exact) mass is 183 g/mol. The summed E-state index contributed by atoms with van der Waals surface area (Å²) >= 11 is 0. The zero-order valence-electron chi connectivity index (χ0n) is 7.94. The van der Waals surface area contributed by atoms with E-state index in [0.29, 0.717) is 5.69 Å². The molecule has 1 aromatic rings. The molecule has 13 heavy (non-hydrogen) atoms. The van der Waals surface area contributed by atoms with Crippen LogP contribution < -0.4 is 5.32 Å². The second-order valence-corrected chi connectivity index (χ2v) is 2.92. The average Bonchev–Trinajstić information content (AvgIpc) is 2.52. The molecule has 0 spiro atoms. The van der Waals surface area contributed by atoms with Crippen LogP contribution in [0.3, 0.4) is 0 Å². The molecule has 0 radical (unpaired) electrons. The van der Waals surface area contributed by atoms with Crippen molar-refractivity contribution in [2.45, 2.75) is 19.9 Å². The highest BCUT2D eigenvalue weighted by Crippen LogP contribution is 2.09. The van der Waals surface area contributed by atoms with Crippen LogP contribution in [-0.2, 0) is 4.74 Å². The maximum Gasteiger partial charge on any atom is 0.411 e. The molecule has 0 bridgehead atoms. The van der Waals surface area contributed by atoms with Gasteiger partial charge in [0, 0.05) is 12.2 Å². The van der Waals surface area contributed by atoms with Gasteiger partial charge in [-0.05, 0) is 13.8 Å². The minimum atomic E-state index is -0.483. The third-order valence-corrected chi connectivity index (χ3v) is 1.56. The molecule has 0 atom stereocenters. The fraction of sp³-hybridized carbons (Fsp3) is 0.500. The molecule has 0 aliphatic rings. The lowest BCUT2D eigenvalue weighted by Crippen LogP contribution is -2.10. The van der Waals surface area contributed by atoms with Crippen molar-refractivity contribution in [1.29, 1.82) is 0 Å². The molecule has 0 unspecified atom stereocenters. The van der Waals surface area contributed by atoms with Gasteiger partial charge in [-0.3, -0.25) is 10.00 Å². The van der Waals surface area contributed by atoms with Crippen LogP contribution in [0.25, 0.3) is 0 Å². The van der Waals surface area contributed by atoms with Gasteiger partial charge in [-0.2, -0.15) is 5.10 Å². The number of carbonyl (C=O) groups is 1. The van der Waals surface area contributed by atoms with E-state index in [4.69, 9.17) is 0 Å². The number of methoxy groups -OCH3 is 1. The second kappa shape index (κ2) is 3.93. The number of carbonyl (C=O) groups excluding carboxylic acids is 1. The molecule has 1 amide bonds. The smallest absolute Gasteiger partial charge is 0.411 e. The van der Waals surface area contributed by atoms with Crippen LogP contribution in [0.4, 0.5) is 10.5 Å². The van der Waals surface area contributed by atoms with Crippen molar-refractivity contribution in [2.24, 2.45) is 0 Å². The van der Waals surface area contributed by atoms with E-state index in [1.807, 2.05) is 13.8 Å². The van der Waals surface area contributed by atoms with Crippen molar-refractivity contribution < 1.29 is 9.53 Å². The summed E-state index contributed by atoms with van der Waals surface area (Å²) in [7, 11) is 1.32. The highest BCUT2D eigenvalue weighted by molar-refractivity contribution is 5.83. The van der Waals surface area contributed by atoms with Crippen molar-refractivity contribution >= 4 is 11.8 Å². The van der Waals surface area contributed by atoms with E-state index in [1.165, 1.54) is 7.11 Å². The number of hydrogen-bond acceptors (Lipinski definition) is 3. The Bertz CT molecular complexity index is 293. The summed E-state index contributed by atoms with van der Waals surface area (Å²) in [4.78, 5) is 10.8. The fourth-order valence-electron chi connectivity index (χ4n) is 0.854. The number of nitrogens with zero attached hydrogens (tertiary/aromatic N) is 2. The van der Waals surface area contributed by atoms with Crippen molar-refractivity contribution in [1.82, 2.24) is 9.78 Å². The molecule has 1 aromatic heterocycles. The number of anilines is 1. The molecule has 0 aliphatic heterocycles. The number of ether oxygens (including phenoxy) is 1. The predicted molar refractivity (Wildman–Crippen MR) is 48.6 cm³/mol. The quantitative estimate of drug-likeness (QED) is 0.758. The molecule has 0 aromatic carbocycles. The minimum Gasteiger partial charge on any atom is -0.453 e. The van der Waals surface area contributed by atoms with E-state index in [1.54, 1.807) is 17.1 Å². The Balaban J connectivity index is 2.64. The van der Waals surface area contributed by atoms with Gasteiger partial charge >= 0.3 is 6.09 Å². The van der Waals surface area contributed by atoms with Gasteiger partial charge in [0.05, 0.1) is 19.0 Å². The molecule has 1 rings (SSSR count). The highest BCUT2D eigenvalue weighted by atomic mass is 16.5. The first-order valence-corrected chi connectivity index (χ1v) is 4.02. The van der Waals surface area contributed by atoms with Gasteiger partial charge < -0.3 is 4.74 Å². The molecule has 0 saturated heterocycles. The lowest BCUT2D eigenvalue weighted by molar-refractivity contribution is 0.187. The summed E-state index contributed by atoms with van der Waals surface area (Å²) in [5, 5.41) is 6.57. The van der Waals surface area contributed by atoms with Gasteiger partial charge in [0.25, 0.3) is 0 Å². The summed E-state index contributed by atoms with van der Waals surface area (Å²) in [5.41, 5.74) is 0.639. The molecule has 0 fully saturated rings. The van der Waals surface area contributed by atoms with Gasteiger partial charge in [-0.15, -0.1) is 0 Å². The summed E-state index contributed by atoms with van der Waals surface area (Å²) in [6, 6.07) is 0.285. The van der Waals surface area contributed by atoms with E-state index in [0.717, 1.165) is 0 Å². The summed E-state index contributed by atoms with van der Waals surface area (Å²) < 4.78 is 6.19. The Labute approximate surface area is 76.7 Å². The van der Waals surface area contributed by atoms with Gasteiger partial charge in [0.1, 0.15) is 0 Å². The third kappa shape index (κ3) is 2.47. The number of hydrogen-bond donors (Lipinski definition) is 1. The minimum absolute atomic E-state index is 0.285. The van der Waals surface area contributed by atoms with Crippen LogP contribution in [0.15, 0.2) is 12.4 Å². The van der Waals surface area contributed by atoms with Gasteiger partial charge in [-0.1, -0.05) is 0 Å². The Morgan fingerprint density at radius 2 is 2.38 bits per heavy atom. The van der Waals surface area contributed by atoms with Gasteiger partial charge in [-0.25, -0.2) is 4.79 Å². The average molecular weight is 183 g/mol. The van der Waals surface area contributed by atoms with Crippen LogP contribution in [0, 0.1) is 0 Å². The Morgan fingerprint density at radius 1 is 1.69 bits per heavy atom. The topological polar surface area (TPSA) is 56.1 Å². The van der Waals surface area contributed by atoms with Crippen molar-refractivity contribution in [3.05, 3.63) is 12.4 Å². The molecular weight excluding hydrogens is 170 g/mol. The molecular formula is C8H13N3O2. The lowest BCUT2D eigenvalue weighted by Gasteiger charge is -2.03. The lowest BCUT2D eigenvalue weighted by atomic mass is 10.4. The van der Waals surface area contributed by atoms with E-state index in [9.17, 15) is 4.79 Å². The molecule has 5 heteroatoms. The molecule has 0 saturated carbocycles. The summed E-state index contributed by atoms with van der Waals surface area (Å²) in [5.74, 6) is 0. The summed E-state index contributed by atoms with van der Waals surface area (Å²) in [6.07, 6.45) is 2.85. The van der Waals surface area contributed by atoms with Crippen LogP contribution in [0.1, 0.15) is 19.9 Å². The molecule has 72 valence electrons. The van der Waals surface area contributed by atoms with E-state index >= 15 is 0 Å². The van der Waals surface area contributed by atoms with Crippen molar-refractivity contribution in [3.8, 4) is 0 Å². The van der Waals surface area contributed by atoms with Crippen LogP contribution in [0.2, 0.25) is 0 Å². The summed E-state index contributed by atoms with van der Waals surface area (Å²) in [6.45, 7) is 4.02. The van der Waals surface area contributed by atoms with Crippen LogP contribution in [0.5, 0.6) is 0 Å². The van der Waals surface area contributed by atoms with Crippen molar-refractivity contribution in [3.63, 3.8) is 0 Å². The SMILES string of the molecule is COC(=O)Nc1cnn(C(C)C)c1. The van der Waals surface area contributed by atoms with E-state index < -0.39 is 6.09 Å². The second-order valence-electron chi connectivity index (χ2n) is 2.92. The normalized spacial score (nSPS) is 10.2. The molecule has 0 aliphatic carbocycles. The Kier molecular flexibility index (Phi) is 2.89. The third-order valence-electron chi connectivity index (χ3n) is 1.56. The molecule has 5 nitrogen and oxygen atoms in total. The van der Waals surface area contributed by atoms with E-state index in [2.05, 4.69) is 15.2 Å². The largest absolute Gasteiger partial charge is 0.453 e. The van der Waals surface area contributed by atoms with Gasteiger partial charge in [0.15, 0.2) is 0 Å². The number of rotatable bonds is 2. The Hall–Kier alpha value is -1.52. The first-order valence-electron chi connectivity index (χ1n) is 4.02. The maximum absolute atomic E-state index is 10.8. The first kappa shape index (κ1) is 9.57. The van der Waals surface area contributed by atoms with Crippen LogP contribution >= 0.6 is 0 Å². The zero-order chi connectivity index (χ0) is 9.84. The molecule has 1 heterocycles. The zero-order valence-corrected chi connectivity index (χ0v) is 7.94. The maximum atomic E-state index is 10.8. The highest BCUT2D eigenvalue weighted by Gasteiger charge is 2.04. The fourth-order valence-corrected chi connectivity index (χ4v) is 0.854. The van der Waals surface area contributed by atoms with Crippen molar-refractivity contribution in [2.75, 3.05) is 12.4 Å². The number of aromatic nitrogens is 2. The molecule has 1 N–H and O–H groups in total. The Morgan fingerprint density at radius 3 is 2.85 bits per heavy atom. The number of nitrogens with one attached hydrogen (secondary N) is 1.